The van der Waals surface area contributed by atoms with Gasteiger partial charge in [-0.2, -0.15) is 0 Å². The minimum Gasteiger partial charge on any atom is -0.497 e. The number of amides is 1. The molecule has 6 heteroatoms. The Labute approximate surface area is 225 Å². The molecule has 1 aliphatic heterocycles. The highest BCUT2D eigenvalue weighted by atomic mass is 16.5. The van der Waals surface area contributed by atoms with Gasteiger partial charge in [0.05, 0.1) is 13.7 Å². The summed E-state index contributed by atoms with van der Waals surface area (Å²) in [6, 6.07) is 24.1. The van der Waals surface area contributed by atoms with Gasteiger partial charge in [-0.25, -0.2) is 0 Å². The number of hydrogen-bond donors (Lipinski definition) is 1. The summed E-state index contributed by atoms with van der Waals surface area (Å²) >= 11 is 0. The molecule has 1 N–H and O–H groups in total. The van der Waals surface area contributed by atoms with Crippen molar-refractivity contribution in [2.24, 2.45) is 0 Å². The lowest BCUT2D eigenvalue weighted by molar-refractivity contribution is -0.132. The standard InChI is InChI=1S/C32H37NO5/c1-21(2)33(22(3)34)19-25(35)20-37-26-14-12-23(13-15-26)30-28-17-16-27(36-6)18-29(28)38-32(4,5)31(30)24-10-8-7-9-11-24/h7-18,21,25,35H,19-20H2,1-6H3. The first-order valence-corrected chi connectivity index (χ1v) is 13.0. The molecule has 0 aliphatic carbocycles. The molecule has 1 aliphatic rings. The molecule has 1 atom stereocenters. The zero-order valence-corrected chi connectivity index (χ0v) is 23.0. The first-order valence-electron chi connectivity index (χ1n) is 13.0. The largest absolute Gasteiger partial charge is 0.497 e. The summed E-state index contributed by atoms with van der Waals surface area (Å²) in [6.45, 7) is 9.85. The van der Waals surface area contributed by atoms with E-state index in [4.69, 9.17) is 14.2 Å². The van der Waals surface area contributed by atoms with Gasteiger partial charge in [0.2, 0.25) is 5.91 Å². The Kier molecular flexibility index (Phi) is 8.12. The molecule has 1 heterocycles. The molecule has 6 nitrogen and oxygen atoms in total. The number of benzene rings is 3. The maximum Gasteiger partial charge on any atom is 0.219 e. The number of ether oxygens (including phenoxy) is 3. The molecule has 0 saturated carbocycles. The molecular formula is C32H37NO5. The fourth-order valence-electron chi connectivity index (χ4n) is 4.97. The van der Waals surface area contributed by atoms with Crippen LogP contribution in [0.15, 0.2) is 72.8 Å². The van der Waals surface area contributed by atoms with Crippen LogP contribution in [0.2, 0.25) is 0 Å². The molecule has 0 saturated heterocycles. The lowest BCUT2D eigenvalue weighted by Crippen LogP contribution is -2.42. The lowest BCUT2D eigenvalue weighted by Gasteiger charge is -2.38. The monoisotopic (exact) mass is 515 g/mol. The van der Waals surface area contributed by atoms with Crippen LogP contribution in [0.4, 0.5) is 0 Å². The van der Waals surface area contributed by atoms with Gasteiger partial charge < -0.3 is 24.2 Å². The van der Waals surface area contributed by atoms with Crippen LogP contribution < -0.4 is 14.2 Å². The van der Waals surface area contributed by atoms with Crippen molar-refractivity contribution < 1.29 is 24.1 Å². The Morgan fingerprint density at radius 1 is 0.974 bits per heavy atom. The highest BCUT2D eigenvalue weighted by Gasteiger charge is 2.36. The van der Waals surface area contributed by atoms with Crippen LogP contribution >= 0.6 is 0 Å². The van der Waals surface area contributed by atoms with Gasteiger partial charge in [-0.15, -0.1) is 0 Å². The van der Waals surface area contributed by atoms with E-state index in [-0.39, 0.29) is 25.1 Å². The molecular weight excluding hydrogens is 478 g/mol. The van der Waals surface area contributed by atoms with E-state index in [1.54, 1.807) is 12.0 Å². The maximum atomic E-state index is 11.8. The molecule has 0 aromatic heterocycles. The van der Waals surface area contributed by atoms with Crippen LogP contribution in [-0.4, -0.2) is 53.9 Å². The normalized spacial score (nSPS) is 14.9. The third-order valence-corrected chi connectivity index (χ3v) is 6.76. The maximum absolute atomic E-state index is 11.8. The highest BCUT2D eigenvalue weighted by molar-refractivity contribution is 6.04. The second kappa shape index (κ2) is 11.3. The molecule has 0 bridgehead atoms. The predicted octanol–water partition coefficient (Wildman–Crippen LogP) is 5.82. The molecule has 0 fully saturated rings. The van der Waals surface area contributed by atoms with Gasteiger partial charge >= 0.3 is 0 Å². The Hall–Kier alpha value is -3.77. The fourth-order valence-corrected chi connectivity index (χ4v) is 4.97. The number of rotatable bonds is 9. The molecule has 200 valence electrons. The molecule has 4 rings (SSSR count). The van der Waals surface area contributed by atoms with Gasteiger partial charge in [0, 0.05) is 35.7 Å². The SMILES string of the molecule is COc1ccc2c(c1)OC(C)(C)C(c1ccccc1)=C2c1ccc(OCC(O)CN(C(C)=O)C(C)C)cc1. The van der Waals surface area contributed by atoms with Gasteiger partial charge in [-0.1, -0.05) is 42.5 Å². The average Bonchev–Trinajstić information content (AvgIpc) is 2.89. The van der Waals surface area contributed by atoms with E-state index < -0.39 is 11.7 Å². The first kappa shape index (κ1) is 27.3. The Morgan fingerprint density at radius 3 is 2.24 bits per heavy atom. The zero-order chi connectivity index (χ0) is 27.4. The second-order valence-electron chi connectivity index (χ2n) is 10.3. The molecule has 38 heavy (non-hydrogen) atoms. The van der Waals surface area contributed by atoms with E-state index in [0.717, 1.165) is 39.3 Å². The molecule has 3 aromatic carbocycles. The Bertz CT molecular complexity index is 1300. The van der Waals surface area contributed by atoms with Gasteiger partial charge in [0.25, 0.3) is 0 Å². The van der Waals surface area contributed by atoms with Crippen molar-refractivity contribution in [1.82, 2.24) is 4.90 Å². The van der Waals surface area contributed by atoms with Gasteiger partial charge in [0.1, 0.15) is 35.6 Å². The molecule has 1 unspecified atom stereocenters. The molecule has 0 radical (unpaired) electrons. The van der Waals surface area contributed by atoms with Crippen molar-refractivity contribution >= 4 is 17.1 Å². The minimum absolute atomic E-state index is 0.0140. The highest BCUT2D eigenvalue weighted by Crippen LogP contribution is 2.49. The number of aliphatic hydroxyl groups is 1. The van der Waals surface area contributed by atoms with E-state index in [2.05, 4.69) is 26.0 Å². The van der Waals surface area contributed by atoms with Gasteiger partial charge in [0.15, 0.2) is 0 Å². The van der Waals surface area contributed by atoms with Crippen LogP contribution in [0, 0.1) is 0 Å². The van der Waals surface area contributed by atoms with Crippen molar-refractivity contribution in [3.63, 3.8) is 0 Å². The van der Waals surface area contributed by atoms with Crippen LogP contribution in [0.5, 0.6) is 17.2 Å². The Morgan fingerprint density at radius 2 is 1.63 bits per heavy atom. The van der Waals surface area contributed by atoms with Crippen molar-refractivity contribution in [2.75, 3.05) is 20.3 Å². The number of hydrogen-bond acceptors (Lipinski definition) is 5. The van der Waals surface area contributed by atoms with Gasteiger partial charge in [-0.05, 0) is 63.1 Å². The predicted molar refractivity (Wildman–Crippen MR) is 151 cm³/mol. The number of fused-ring (bicyclic) bond motifs is 1. The number of aliphatic hydroxyl groups excluding tert-OH is 1. The Balaban J connectivity index is 1.66. The smallest absolute Gasteiger partial charge is 0.219 e. The number of carbonyl (C=O) groups is 1. The minimum atomic E-state index is -0.786. The van der Waals surface area contributed by atoms with E-state index in [0.29, 0.717) is 5.75 Å². The topological polar surface area (TPSA) is 68.2 Å². The number of methoxy groups -OCH3 is 1. The summed E-state index contributed by atoms with van der Waals surface area (Å²) in [5, 5.41) is 10.5. The summed E-state index contributed by atoms with van der Waals surface area (Å²) < 4.78 is 17.9. The third kappa shape index (κ3) is 5.86. The van der Waals surface area contributed by atoms with Crippen LogP contribution in [-0.2, 0) is 4.79 Å². The van der Waals surface area contributed by atoms with E-state index >= 15 is 0 Å². The summed E-state index contributed by atoms with van der Waals surface area (Å²) in [7, 11) is 1.65. The lowest BCUT2D eigenvalue weighted by atomic mass is 9.79. The summed E-state index contributed by atoms with van der Waals surface area (Å²) in [5.41, 5.74) is 4.71. The van der Waals surface area contributed by atoms with E-state index in [1.165, 1.54) is 6.92 Å². The molecule has 1 amide bonds. The van der Waals surface area contributed by atoms with Crippen molar-refractivity contribution in [1.29, 1.82) is 0 Å². The second-order valence-corrected chi connectivity index (χ2v) is 10.3. The average molecular weight is 516 g/mol. The van der Waals surface area contributed by atoms with E-state index in [9.17, 15) is 9.90 Å². The van der Waals surface area contributed by atoms with Gasteiger partial charge in [-0.3, -0.25) is 4.79 Å². The molecule has 0 spiro atoms. The number of carbonyl (C=O) groups excluding carboxylic acids is 1. The van der Waals surface area contributed by atoms with Crippen molar-refractivity contribution in [3.05, 3.63) is 89.5 Å². The first-order chi connectivity index (χ1) is 18.1. The zero-order valence-electron chi connectivity index (χ0n) is 23.0. The van der Waals surface area contributed by atoms with E-state index in [1.807, 2.05) is 74.5 Å². The fraction of sp³-hybridized carbons (Fsp3) is 0.344. The summed E-state index contributed by atoms with van der Waals surface area (Å²) in [5.74, 6) is 2.09. The quantitative estimate of drug-likeness (QED) is 0.389. The third-order valence-electron chi connectivity index (χ3n) is 6.76. The van der Waals surface area contributed by atoms with Crippen molar-refractivity contribution in [2.45, 2.75) is 52.4 Å². The summed E-state index contributed by atoms with van der Waals surface area (Å²) in [6.07, 6.45) is -0.786. The molecule has 3 aromatic rings. The number of nitrogens with zero attached hydrogens (tertiary/aromatic N) is 1. The van der Waals surface area contributed by atoms with Crippen LogP contribution in [0.25, 0.3) is 11.1 Å². The summed E-state index contributed by atoms with van der Waals surface area (Å²) in [4.78, 5) is 13.5. The van der Waals surface area contributed by atoms with Crippen molar-refractivity contribution in [3.8, 4) is 17.2 Å². The van der Waals surface area contributed by atoms with Crippen LogP contribution in [0.3, 0.4) is 0 Å². The van der Waals surface area contributed by atoms with Crippen LogP contribution in [0.1, 0.15) is 51.3 Å².